The summed E-state index contributed by atoms with van der Waals surface area (Å²) in [6.45, 7) is 1.33. The zero-order valence-corrected chi connectivity index (χ0v) is 12.5. The molecule has 5 heteroatoms. The van der Waals surface area contributed by atoms with Crippen molar-refractivity contribution in [1.29, 1.82) is 0 Å². The van der Waals surface area contributed by atoms with E-state index in [1.165, 1.54) is 0 Å². The second-order valence-corrected chi connectivity index (χ2v) is 6.00. The molecule has 1 saturated carbocycles. The molecule has 0 spiro atoms. The van der Waals surface area contributed by atoms with Gasteiger partial charge >= 0.3 is 5.97 Å². The van der Waals surface area contributed by atoms with Crippen LogP contribution in [0.5, 0.6) is 0 Å². The largest absolute Gasteiger partial charge is 0.478 e. The summed E-state index contributed by atoms with van der Waals surface area (Å²) in [5.41, 5.74) is 1.27. The van der Waals surface area contributed by atoms with Crippen LogP contribution < -0.4 is 0 Å². The molecule has 1 saturated heterocycles. The summed E-state index contributed by atoms with van der Waals surface area (Å²) in [4.78, 5) is 25.3. The van der Waals surface area contributed by atoms with Gasteiger partial charge in [-0.25, -0.2) is 4.79 Å². The highest BCUT2D eigenvalue weighted by atomic mass is 16.5. The van der Waals surface area contributed by atoms with Crippen LogP contribution in [0.4, 0.5) is 0 Å². The van der Waals surface area contributed by atoms with Crippen LogP contribution in [0.25, 0.3) is 0 Å². The number of benzene rings is 1. The maximum atomic E-state index is 12.5. The highest BCUT2D eigenvalue weighted by Crippen LogP contribution is 2.30. The Labute approximate surface area is 129 Å². The molecule has 2 fully saturated rings. The van der Waals surface area contributed by atoms with Crippen molar-refractivity contribution in [2.24, 2.45) is 0 Å². The van der Waals surface area contributed by atoms with Crippen LogP contribution in [0.2, 0.25) is 0 Å². The quantitative estimate of drug-likeness (QED) is 0.925. The van der Waals surface area contributed by atoms with Crippen LogP contribution in [-0.2, 0) is 16.0 Å². The first-order valence-corrected chi connectivity index (χ1v) is 7.88. The van der Waals surface area contributed by atoms with Gasteiger partial charge in [0, 0.05) is 13.0 Å². The lowest BCUT2D eigenvalue weighted by Crippen LogP contribution is -2.51. The number of carbonyl (C=O) groups excluding carboxylic acids is 1. The lowest BCUT2D eigenvalue weighted by atomic mass is 10.1. The molecule has 1 aromatic carbocycles. The highest BCUT2D eigenvalue weighted by Gasteiger charge is 2.37. The Kier molecular flexibility index (Phi) is 4.43. The van der Waals surface area contributed by atoms with Gasteiger partial charge in [0.05, 0.1) is 24.3 Å². The number of carbonyl (C=O) groups is 2. The number of morpholine rings is 1. The first-order valence-electron chi connectivity index (χ1n) is 7.88. The molecule has 3 rings (SSSR count). The SMILES string of the molecule is O=C(O)c1ccc(CCC(=O)N2CCO[C@@H]3CCC[C@H]32)cc1. The number of hydrogen-bond acceptors (Lipinski definition) is 3. The number of ether oxygens (including phenoxy) is 1. The third kappa shape index (κ3) is 3.14. The smallest absolute Gasteiger partial charge is 0.335 e. The Morgan fingerprint density at radius 3 is 2.73 bits per heavy atom. The zero-order valence-electron chi connectivity index (χ0n) is 12.5. The van der Waals surface area contributed by atoms with Gasteiger partial charge in [0.15, 0.2) is 0 Å². The van der Waals surface area contributed by atoms with Crippen LogP contribution in [0.1, 0.15) is 41.6 Å². The third-order valence-electron chi connectivity index (χ3n) is 4.63. The third-order valence-corrected chi connectivity index (χ3v) is 4.63. The molecular weight excluding hydrogens is 282 g/mol. The van der Waals surface area contributed by atoms with Gasteiger partial charge in [-0.15, -0.1) is 0 Å². The Morgan fingerprint density at radius 1 is 1.23 bits per heavy atom. The molecule has 5 nitrogen and oxygen atoms in total. The first kappa shape index (κ1) is 15.0. The second-order valence-electron chi connectivity index (χ2n) is 6.00. The van der Waals surface area contributed by atoms with E-state index in [4.69, 9.17) is 9.84 Å². The molecule has 2 atom stereocenters. The maximum absolute atomic E-state index is 12.5. The van der Waals surface area contributed by atoms with Crippen molar-refractivity contribution in [3.8, 4) is 0 Å². The lowest BCUT2D eigenvalue weighted by molar-refractivity contribution is -0.143. The van der Waals surface area contributed by atoms with E-state index in [9.17, 15) is 9.59 Å². The second kappa shape index (κ2) is 6.48. The number of nitrogens with zero attached hydrogens (tertiary/aromatic N) is 1. The molecule has 0 bridgehead atoms. The van der Waals surface area contributed by atoms with Crippen LogP contribution >= 0.6 is 0 Å². The summed E-state index contributed by atoms with van der Waals surface area (Å²) in [5.74, 6) is -0.745. The molecule has 1 aliphatic heterocycles. The minimum atomic E-state index is -0.928. The van der Waals surface area contributed by atoms with Crippen LogP contribution in [-0.4, -0.2) is 47.2 Å². The topological polar surface area (TPSA) is 66.8 Å². The lowest BCUT2D eigenvalue weighted by Gasteiger charge is -2.37. The van der Waals surface area contributed by atoms with E-state index in [1.54, 1.807) is 24.3 Å². The van der Waals surface area contributed by atoms with Gasteiger partial charge in [0.25, 0.3) is 0 Å². The number of aryl methyl sites for hydroxylation is 1. The number of fused-ring (bicyclic) bond motifs is 1. The van der Waals surface area contributed by atoms with E-state index in [1.807, 2.05) is 4.90 Å². The van der Waals surface area contributed by atoms with E-state index in [-0.39, 0.29) is 23.6 Å². The highest BCUT2D eigenvalue weighted by molar-refractivity contribution is 5.87. The monoisotopic (exact) mass is 303 g/mol. The summed E-state index contributed by atoms with van der Waals surface area (Å²) < 4.78 is 5.73. The molecule has 1 heterocycles. The van der Waals surface area contributed by atoms with E-state index in [0.717, 1.165) is 24.8 Å². The Morgan fingerprint density at radius 2 is 2.00 bits per heavy atom. The normalized spacial score (nSPS) is 24.1. The van der Waals surface area contributed by atoms with E-state index in [2.05, 4.69) is 0 Å². The van der Waals surface area contributed by atoms with Gasteiger partial charge in [0.1, 0.15) is 0 Å². The fourth-order valence-corrected chi connectivity index (χ4v) is 3.44. The summed E-state index contributed by atoms with van der Waals surface area (Å²) in [5, 5.41) is 8.88. The van der Waals surface area contributed by atoms with Gasteiger partial charge < -0.3 is 14.7 Å². The molecule has 1 amide bonds. The average Bonchev–Trinajstić information content (AvgIpc) is 3.01. The van der Waals surface area contributed by atoms with Gasteiger partial charge in [-0.1, -0.05) is 12.1 Å². The molecule has 1 aromatic rings. The van der Waals surface area contributed by atoms with E-state index in [0.29, 0.717) is 26.0 Å². The number of aromatic carboxylic acids is 1. The molecule has 1 aliphatic carbocycles. The molecule has 1 N–H and O–H groups in total. The predicted molar refractivity (Wildman–Crippen MR) is 80.8 cm³/mol. The summed E-state index contributed by atoms with van der Waals surface area (Å²) in [6, 6.07) is 7.01. The van der Waals surface area contributed by atoms with Gasteiger partial charge in [-0.2, -0.15) is 0 Å². The van der Waals surface area contributed by atoms with E-state index >= 15 is 0 Å². The Balaban J connectivity index is 1.56. The Hall–Kier alpha value is -1.88. The summed E-state index contributed by atoms with van der Waals surface area (Å²) >= 11 is 0. The molecule has 0 radical (unpaired) electrons. The molecule has 0 aromatic heterocycles. The predicted octanol–water partition coefficient (Wildman–Crippen LogP) is 2.10. The number of hydrogen-bond donors (Lipinski definition) is 1. The van der Waals surface area contributed by atoms with Crippen molar-refractivity contribution < 1.29 is 19.4 Å². The summed E-state index contributed by atoms with van der Waals surface area (Å²) in [6.07, 6.45) is 4.58. The van der Waals surface area contributed by atoms with E-state index < -0.39 is 5.97 Å². The van der Waals surface area contributed by atoms with Gasteiger partial charge in [-0.05, 0) is 43.4 Å². The standard InChI is InChI=1S/C17H21NO4/c19-16(18-10-11-22-15-3-1-2-14(15)18)9-6-12-4-7-13(8-5-12)17(20)21/h4-5,7-8,14-15H,1-3,6,9-11H2,(H,20,21)/t14-,15-/m1/s1. The van der Waals surface area contributed by atoms with Crippen molar-refractivity contribution in [3.05, 3.63) is 35.4 Å². The van der Waals surface area contributed by atoms with Crippen LogP contribution in [0.3, 0.4) is 0 Å². The maximum Gasteiger partial charge on any atom is 0.335 e. The molecule has 2 aliphatic rings. The van der Waals surface area contributed by atoms with Crippen molar-refractivity contribution in [2.45, 2.75) is 44.2 Å². The molecule has 118 valence electrons. The van der Waals surface area contributed by atoms with Crippen molar-refractivity contribution >= 4 is 11.9 Å². The fourth-order valence-electron chi connectivity index (χ4n) is 3.44. The fraction of sp³-hybridized carbons (Fsp3) is 0.529. The minimum Gasteiger partial charge on any atom is -0.478 e. The number of carboxylic acid groups (broad SMARTS) is 1. The summed E-state index contributed by atoms with van der Waals surface area (Å²) in [7, 11) is 0. The Bertz CT molecular complexity index is 554. The molecule has 0 unspecified atom stereocenters. The van der Waals surface area contributed by atoms with Crippen LogP contribution in [0, 0.1) is 0 Å². The minimum absolute atomic E-state index is 0.183. The average molecular weight is 303 g/mol. The van der Waals surface area contributed by atoms with Crippen molar-refractivity contribution in [2.75, 3.05) is 13.2 Å². The molecule has 22 heavy (non-hydrogen) atoms. The first-order chi connectivity index (χ1) is 10.6. The van der Waals surface area contributed by atoms with Gasteiger partial charge in [-0.3, -0.25) is 4.79 Å². The van der Waals surface area contributed by atoms with Gasteiger partial charge in [0.2, 0.25) is 5.91 Å². The molecular formula is C17H21NO4. The van der Waals surface area contributed by atoms with Crippen molar-refractivity contribution in [1.82, 2.24) is 4.90 Å². The zero-order chi connectivity index (χ0) is 15.5. The number of rotatable bonds is 4. The number of amides is 1. The van der Waals surface area contributed by atoms with Crippen LogP contribution in [0.15, 0.2) is 24.3 Å². The number of carboxylic acids is 1. The van der Waals surface area contributed by atoms with Crippen molar-refractivity contribution in [3.63, 3.8) is 0 Å².